The largest absolute Gasteiger partial charge is 0.452 e. The summed E-state index contributed by atoms with van der Waals surface area (Å²) in [5.74, 6) is 0.589. The zero-order valence-electron chi connectivity index (χ0n) is 12.2. The Morgan fingerprint density at radius 2 is 2.24 bits per heavy atom. The Balaban J connectivity index is 2.08. The van der Waals surface area contributed by atoms with Gasteiger partial charge < -0.3 is 14.5 Å². The predicted molar refractivity (Wildman–Crippen MR) is 82.5 cm³/mol. The van der Waals surface area contributed by atoms with Gasteiger partial charge in [-0.1, -0.05) is 6.92 Å². The summed E-state index contributed by atoms with van der Waals surface area (Å²) in [6.45, 7) is 5.87. The summed E-state index contributed by atoms with van der Waals surface area (Å²) < 4.78 is 38.6. The van der Waals surface area contributed by atoms with Crippen molar-refractivity contribution in [2.24, 2.45) is 0 Å². The molecule has 0 bridgehead atoms. The van der Waals surface area contributed by atoms with Crippen LogP contribution in [0.3, 0.4) is 0 Å². The highest BCUT2D eigenvalue weighted by Crippen LogP contribution is 2.27. The van der Waals surface area contributed by atoms with E-state index in [-0.39, 0.29) is 21.7 Å². The van der Waals surface area contributed by atoms with Crippen molar-refractivity contribution < 1.29 is 17.6 Å². The van der Waals surface area contributed by atoms with Crippen molar-refractivity contribution in [2.75, 3.05) is 13.2 Å². The number of furan rings is 1. The molecule has 1 fully saturated rings. The van der Waals surface area contributed by atoms with Crippen LogP contribution in [-0.4, -0.2) is 33.7 Å². The molecule has 0 radical (unpaired) electrons. The molecule has 2 rings (SSSR count). The maximum absolute atomic E-state index is 12.4. The minimum absolute atomic E-state index is 0.115. The molecule has 2 heterocycles. The minimum Gasteiger partial charge on any atom is -0.452 e. The summed E-state index contributed by atoms with van der Waals surface area (Å²) >= 11 is 3.18. The second-order valence-electron chi connectivity index (χ2n) is 5.12. The van der Waals surface area contributed by atoms with Crippen molar-refractivity contribution in [2.45, 2.75) is 50.3 Å². The Bertz CT molecular complexity index is 573. The molecular weight excluding hydrogens is 360 g/mol. The molecule has 2 atom stereocenters. The molecule has 21 heavy (non-hydrogen) atoms. The maximum atomic E-state index is 12.4. The second kappa shape index (κ2) is 7.23. The third kappa shape index (κ3) is 4.29. The van der Waals surface area contributed by atoms with E-state index in [0.29, 0.717) is 25.3 Å². The van der Waals surface area contributed by atoms with Crippen molar-refractivity contribution in [3.05, 3.63) is 16.5 Å². The SMILES string of the molecule is CCCNCc1cc(S(=O)(=O)NC2CCOC2C)c(Br)o1. The highest BCUT2D eigenvalue weighted by molar-refractivity contribution is 9.10. The lowest BCUT2D eigenvalue weighted by Crippen LogP contribution is -2.39. The molecule has 1 saturated heterocycles. The van der Waals surface area contributed by atoms with Crippen LogP contribution >= 0.6 is 15.9 Å². The van der Waals surface area contributed by atoms with E-state index in [0.717, 1.165) is 13.0 Å². The van der Waals surface area contributed by atoms with Crippen LogP contribution in [0.25, 0.3) is 0 Å². The van der Waals surface area contributed by atoms with Crippen molar-refractivity contribution >= 4 is 26.0 Å². The van der Waals surface area contributed by atoms with Gasteiger partial charge in [0.25, 0.3) is 0 Å². The first-order valence-electron chi connectivity index (χ1n) is 7.07. The van der Waals surface area contributed by atoms with Crippen LogP contribution in [0.5, 0.6) is 0 Å². The van der Waals surface area contributed by atoms with Crippen LogP contribution in [0.1, 0.15) is 32.4 Å². The molecule has 120 valence electrons. The number of nitrogens with one attached hydrogen (secondary N) is 2. The Labute approximate surface area is 133 Å². The third-order valence-electron chi connectivity index (χ3n) is 3.40. The van der Waals surface area contributed by atoms with Crippen LogP contribution in [0.2, 0.25) is 0 Å². The summed E-state index contributed by atoms with van der Waals surface area (Å²) in [7, 11) is -3.62. The highest BCUT2D eigenvalue weighted by atomic mass is 79.9. The van der Waals surface area contributed by atoms with Crippen LogP contribution in [0.15, 0.2) is 20.0 Å². The number of hydrogen-bond donors (Lipinski definition) is 2. The average Bonchev–Trinajstić information content (AvgIpc) is 2.97. The maximum Gasteiger partial charge on any atom is 0.245 e. The van der Waals surface area contributed by atoms with Gasteiger partial charge in [-0.15, -0.1) is 0 Å². The van der Waals surface area contributed by atoms with Gasteiger partial charge in [-0.25, -0.2) is 13.1 Å². The number of halogens is 1. The lowest BCUT2D eigenvalue weighted by Gasteiger charge is -2.15. The molecule has 0 saturated carbocycles. The van der Waals surface area contributed by atoms with Crippen LogP contribution in [0, 0.1) is 0 Å². The van der Waals surface area contributed by atoms with E-state index in [9.17, 15) is 8.42 Å². The highest BCUT2D eigenvalue weighted by Gasteiger charge is 2.31. The summed E-state index contributed by atoms with van der Waals surface area (Å²) in [6, 6.07) is 1.36. The van der Waals surface area contributed by atoms with Gasteiger partial charge in [0.15, 0.2) is 4.67 Å². The molecule has 1 aromatic heterocycles. The first kappa shape index (κ1) is 17.0. The van der Waals surface area contributed by atoms with Gasteiger partial charge in [-0.2, -0.15) is 0 Å². The molecule has 1 aromatic rings. The molecular formula is C13H21BrN2O4S. The first-order chi connectivity index (χ1) is 9.94. The van der Waals surface area contributed by atoms with Crippen LogP contribution in [0.4, 0.5) is 0 Å². The lowest BCUT2D eigenvalue weighted by molar-refractivity contribution is 0.117. The number of sulfonamides is 1. The standard InChI is InChI=1S/C13H21BrN2O4S/c1-3-5-15-8-10-7-12(13(14)20-10)21(17,18)16-11-4-6-19-9(11)2/h7,9,11,15-16H,3-6,8H2,1-2H3. The Hall–Kier alpha value is -0.410. The molecule has 2 unspecified atom stereocenters. The monoisotopic (exact) mass is 380 g/mol. The van der Waals surface area contributed by atoms with Crippen LogP contribution in [-0.2, 0) is 21.3 Å². The molecule has 0 aromatic carbocycles. The van der Waals surface area contributed by atoms with Crippen molar-refractivity contribution in [3.63, 3.8) is 0 Å². The van der Waals surface area contributed by atoms with Gasteiger partial charge >= 0.3 is 0 Å². The normalized spacial score (nSPS) is 22.8. The second-order valence-corrected chi connectivity index (χ2v) is 7.52. The number of rotatable bonds is 7. The third-order valence-corrected chi connectivity index (χ3v) is 5.75. The Morgan fingerprint density at radius 1 is 1.48 bits per heavy atom. The van der Waals surface area contributed by atoms with E-state index in [1.54, 1.807) is 6.07 Å². The van der Waals surface area contributed by atoms with E-state index >= 15 is 0 Å². The van der Waals surface area contributed by atoms with Gasteiger partial charge in [-0.05, 0) is 42.2 Å². The van der Waals surface area contributed by atoms with Crippen molar-refractivity contribution in [3.8, 4) is 0 Å². The predicted octanol–water partition coefficient (Wildman–Crippen LogP) is 2.00. The Morgan fingerprint density at radius 3 is 2.86 bits per heavy atom. The zero-order chi connectivity index (χ0) is 15.5. The van der Waals surface area contributed by atoms with E-state index in [1.165, 1.54) is 0 Å². The molecule has 6 nitrogen and oxygen atoms in total. The molecule has 0 amide bonds. The van der Waals surface area contributed by atoms with Crippen molar-refractivity contribution in [1.29, 1.82) is 0 Å². The number of hydrogen-bond acceptors (Lipinski definition) is 5. The van der Waals surface area contributed by atoms with Gasteiger partial charge in [0.05, 0.1) is 18.7 Å². The van der Waals surface area contributed by atoms with E-state index in [2.05, 4.69) is 32.9 Å². The summed E-state index contributed by atoms with van der Waals surface area (Å²) in [5.41, 5.74) is 0. The number of ether oxygens (including phenoxy) is 1. The first-order valence-corrected chi connectivity index (χ1v) is 9.34. The smallest absolute Gasteiger partial charge is 0.245 e. The van der Waals surface area contributed by atoms with E-state index in [1.807, 2.05) is 6.92 Å². The average molecular weight is 381 g/mol. The summed E-state index contributed by atoms with van der Waals surface area (Å²) in [4.78, 5) is 0.134. The Kier molecular flexibility index (Phi) is 5.84. The summed E-state index contributed by atoms with van der Waals surface area (Å²) in [6.07, 6.45) is 1.57. The van der Waals surface area contributed by atoms with Gasteiger partial charge in [0.2, 0.25) is 10.0 Å². The molecule has 0 aliphatic carbocycles. The quantitative estimate of drug-likeness (QED) is 0.707. The van der Waals surface area contributed by atoms with Crippen LogP contribution < -0.4 is 10.0 Å². The van der Waals surface area contributed by atoms with E-state index < -0.39 is 10.0 Å². The van der Waals surface area contributed by atoms with Gasteiger partial charge in [0.1, 0.15) is 10.7 Å². The molecule has 1 aliphatic rings. The van der Waals surface area contributed by atoms with Crippen molar-refractivity contribution in [1.82, 2.24) is 10.0 Å². The molecule has 2 N–H and O–H groups in total. The fourth-order valence-electron chi connectivity index (χ4n) is 2.21. The topological polar surface area (TPSA) is 80.6 Å². The fraction of sp³-hybridized carbons (Fsp3) is 0.692. The molecule has 0 spiro atoms. The molecule has 8 heteroatoms. The molecule has 1 aliphatic heterocycles. The summed E-state index contributed by atoms with van der Waals surface area (Å²) in [5, 5.41) is 3.17. The van der Waals surface area contributed by atoms with E-state index in [4.69, 9.17) is 9.15 Å². The minimum atomic E-state index is -3.62. The fourth-order valence-corrected chi connectivity index (χ4v) is 4.54. The van der Waals surface area contributed by atoms with Gasteiger partial charge in [0, 0.05) is 12.7 Å². The lowest BCUT2D eigenvalue weighted by atomic mass is 10.2. The van der Waals surface area contributed by atoms with Gasteiger partial charge in [-0.3, -0.25) is 0 Å². The zero-order valence-corrected chi connectivity index (χ0v) is 14.6.